The van der Waals surface area contributed by atoms with Crippen LogP contribution in [0.1, 0.15) is 57.6 Å². The third kappa shape index (κ3) is 3.68. The number of hydrogen-bond donors (Lipinski definition) is 0. The molecule has 3 nitrogen and oxygen atoms in total. The highest BCUT2D eigenvalue weighted by atomic mass is 79.9. The molecule has 0 heterocycles. The van der Waals surface area contributed by atoms with E-state index < -0.39 is 16.1 Å². The van der Waals surface area contributed by atoms with Crippen molar-refractivity contribution in [3.05, 3.63) is 33.5 Å². The van der Waals surface area contributed by atoms with Crippen LogP contribution < -0.4 is 0 Å². The Morgan fingerprint density at radius 2 is 1.96 bits per heavy atom. The zero-order valence-electron chi connectivity index (χ0n) is 15.2. The molecule has 1 unspecified atom stereocenters. The van der Waals surface area contributed by atoms with Crippen LogP contribution in [-0.2, 0) is 22.5 Å². The van der Waals surface area contributed by atoms with Crippen LogP contribution in [0.5, 0.6) is 0 Å². The van der Waals surface area contributed by atoms with Crippen LogP contribution in [-0.4, -0.2) is 28.2 Å². The van der Waals surface area contributed by atoms with Crippen LogP contribution in [0.2, 0.25) is 0 Å². The minimum Gasteiger partial charge on any atom is -0.591 e. The summed E-state index contributed by atoms with van der Waals surface area (Å²) in [5.74, 6) is -0.252. The zero-order chi connectivity index (χ0) is 18.4. The molecule has 0 bridgehead atoms. The molecule has 2 aliphatic rings. The summed E-state index contributed by atoms with van der Waals surface area (Å²) in [6.45, 7) is 5.79. The van der Waals surface area contributed by atoms with Gasteiger partial charge in [-0.15, -0.1) is 0 Å². The summed E-state index contributed by atoms with van der Waals surface area (Å²) < 4.78 is 37.0. The minimum atomic E-state index is -1.34. The number of ether oxygens (including phenoxy) is 1. The Balaban J connectivity index is 2.05. The Morgan fingerprint density at radius 1 is 1.32 bits per heavy atom. The quantitative estimate of drug-likeness (QED) is 0.622. The fourth-order valence-corrected chi connectivity index (χ4v) is 4.92. The number of hydrogen-bond acceptors (Lipinski definition) is 3. The average molecular weight is 430 g/mol. The second-order valence-electron chi connectivity index (χ2n) is 8.12. The molecule has 0 aromatic heterocycles. The molecule has 2 aliphatic carbocycles. The first kappa shape index (κ1) is 19.3. The Kier molecular flexibility index (Phi) is 5.37. The molecule has 6 heteroatoms. The highest BCUT2D eigenvalue weighted by Gasteiger charge is 2.48. The van der Waals surface area contributed by atoms with E-state index in [1.165, 1.54) is 0 Å². The maximum absolute atomic E-state index is 14.1. The topological polar surface area (TPSA) is 44.6 Å². The largest absolute Gasteiger partial charge is 0.591 e. The smallest absolute Gasteiger partial charge is 0.144 e. The number of benzene rings is 1. The van der Waals surface area contributed by atoms with Gasteiger partial charge in [0.15, 0.2) is 0 Å². The van der Waals surface area contributed by atoms with E-state index in [0.29, 0.717) is 4.47 Å². The summed E-state index contributed by atoms with van der Waals surface area (Å²) in [4.78, 5) is 0. The molecule has 0 N–H and O–H groups in total. The van der Waals surface area contributed by atoms with Gasteiger partial charge >= 0.3 is 0 Å². The molecule has 1 aromatic carbocycles. The van der Waals surface area contributed by atoms with Crippen molar-refractivity contribution in [1.29, 1.82) is 0 Å². The molecule has 0 amide bonds. The molecule has 1 atom stereocenters. The van der Waals surface area contributed by atoms with E-state index in [9.17, 15) is 8.94 Å². The molecule has 0 radical (unpaired) electrons. The summed E-state index contributed by atoms with van der Waals surface area (Å²) in [6, 6.07) is 3.41. The van der Waals surface area contributed by atoms with E-state index in [-0.39, 0.29) is 17.3 Å². The number of halogens is 2. The lowest BCUT2D eigenvalue weighted by Gasteiger charge is -2.37. The molecule has 3 rings (SSSR count). The van der Waals surface area contributed by atoms with Crippen molar-refractivity contribution in [3.63, 3.8) is 0 Å². The van der Waals surface area contributed by atoms with Crippen molar-refractivity contribution in [2.75, 3.05) is 7.11 Å². The van der Waals surface area contributed by atoms with Crippen LogP contribution in [0.25, 0.3) is 0 Å². The molecule has 1 aromatic rings. The normalized spacial score (nSPS) is 29.2. The second-order valence-corrected chi connectivity index (χ2v) is 10.9. The van der Waals surface area contributed by atoms with E-state index in [0.717, 1.165) is 48.9 Å². The fraction of sp³-hybridized carbons (Fsp3) is 0.632. The van der Waals surface area contributed by atoms with Gasteiger partial charge in [-0.25, -0.2) is 4.39 Å². The number of nitrogens with zero attached hydrogens (tertiary/aromatic N) is 1. The van der Waals surface area contributed by atoms with Crippen LogP contribution in [0.15, 0.2) is 21.0 Å². The van der Waals surface area contributed by atoms with Crippen LogP contribution >= 0.6 is 15.9 Å². The first-order valence-electron chi connectivity index (χ1n) is 8.68. The van der Waals surface area contributed by atoms with Crippen molar-refractivity contribution in [1.82, 2.24) is 0 Å². The van der Waals surface area contributed by atoms with E-state index in [1.807, 2.05) is 20.8 Å². The molecule has 0 aliphatic heterocycles. The Labute approximate surface area is 160 Å². The van der Waals surface area contributed by atoms with Gasteiger partial charge in [-0.2, -0.15) is 0 Å². The number of methoxy groups -OCH3 is 1. The summed E-state index contributed by atoms with van der Waals surface area (Å²) in [7, 11) is 1.75. The number of fused-ring (bicyclic) bond motifs is 1. The third-order valence-electron chi connectivity index (χ3n) is 5.35. The molecular weight excluding hydrogens is 405 g/mol. The monoisotopic (exact) mass is 429 g/mol. The van der Waals surface area contributed by atoms with Crippen LogP contribution in [0, 0.1) is 11.2 Å². The van der Waals surface area contributed by atoms with E-state index in [1.54, 1.807) is 19.2 Å². The van der Waals surface area contributed by atoms with Gasteiger partial charge in [-0.1, -0.05) is 4.40 Å². The highest BCUT2D eigenvalue weighted by molar-refractivity contribution is 9.10. The summed E-state index contributed by atoms with van der Waals surface area (Å²) in [5.41, 5.74) is 2.67. The molecule has 1 fully saturated rings. The molecule has 1 spiro atoms. The van der Waals surface area contributed by atoms with Crippen molar-refractivity contribution in [2.45, 2.75) is 63.7 Å². The molecule has 0 saturated heterocycles. The van der Waals surface area contributed by atoms with Crippen molar-refractivity contribution < 1.29 is 13.7 Å². The SMILES string of the molecule is COC1CCC2(CC1)Cc1cc(F)c(Br)cc1C2=N[S+]([O-])C(C)(C)C. The summed E-state index contributed by atoms with van der Waals surface area (Å²) in [5, 5.41) is 0. The van der Waals surface area contributed by atoms with Crippen molar-refractivity contribution in [2.24, 2.45) is 9.81 Å². The van der Waals surface area contributed by atoms with Gasteiger partial charge in [-0.05, 0) is 86.5 Å². The maximum atomic E-state index is 14.1. The van der Waals surface area contributed by atoms with E-state index in [4.69, 9.17) is 9.13 Å². The van der Waals surface area contributed by atoms with Crippen LogP contribution in [0.4, 0.5) is 4.39 Å². The summed E-state index contributed by atoms with van der Waals surface area (Å²) in [6.07, 6.45) is 4.81. The van der Waals surface area contributed by atoms with Crippen molar-refractivity contribution in [3.8, 4) is 0 Å². The Hall–Kier alpha value is -0.430. The Morgan fingerprint density at radius 3 is 2.52 bits per heavy atom. The minimum absolute atomic E-state index is 0.147. The molecule has 138 valence electrons. The number of rotatable bonds is 2. The highest BCUT2D eigenvalue weighted by Crippen LogP contribution is 2.49. The van der Waals surface area contributed by atoms with Gasteiger partial charge in [0.2, 0.25) is 0 Å². The molecular formula is C19H25BrFNO2S. The van der Waals surface area contributed by atoms with Gasteiger partial charge in [0.05, 0.1) is 10.6 Å². The average Bonchev–Trinajstić information content (AvgIpc) is 2.81. The van der Waals surface area contributed by atoms with E-state index >= 15 is 0 Å². The third-order valence-corrected chi connectivity index (χ3v) is 7.36. The van der Waals surface area contributed by atoms with E-state index in [2.05, 4.69) is 15.9 Å². The second kappa shape index (κ2) is 6.95. The maximum Gasteiger partial charge on any atom is 0.144 e. The van der Waals surface area contributed by atoms with Gasteiger partial charge in [0, 0.05) is 18.1 Å². The lowest BCUT2D eigenvalue weighted by atomic mass is 9.70. The lowest BCUT2D eigenvalue weighted by molar-refractivity contribution is 0.0468. The zero-order valence-corrected chi connectivity index (χ0v) is 17.6. The first-order chi connectivity index (χ1) is 11.7. The predicted molar refractivity (Wildman–Crippen MR) is 104 cm³/mol. The fourth-order valence-electron chi connectivity index (χ4n) is 3.85. The van der Waals surface area contributed by atoms with Gasteiger partial charge < -0.3 is 9.29 Å². The summed E-state index contributed by atoms with van der Waals surface area (Å²) >= 11 is 1.95. The van der Waals surface area contributed by atoms with Gasteiger partial charge in [0.1, 0.15) is 27.6 Å². The standard InChI is InChI=1S/C19H25BrFNO2S/c1-18(2,3)25(23)22-17-14-10-15(20)16(21)9-12(14)11-19(17)7-5-13(24-4)6-8-19/h9-10,13H,5-8,11H2,1-4H3. The van der Waals surface area contributed by atoms with Gasteiger partial charge in [-0.3, -0.25) is 0 Å². The molecule has 25 heavy (non-hydrogen) atoms. The lowest BCUT2D eigenvalue weighted by Crippen LogP contribution is -2.37. The van der Waals surface area contributed by atoms with Crippen molar-refractivity contribution >= 4 is 33.0 Å². The van der Waals surface area contributed by atoms with Crippen LogP contribution in [0.3, 0.4) is 0 Å². The first-order valence-corrected chi connectivity index (χ1v) is 10.6. The predicted octanol–water partition coefficient (Wildman–Crippen LogP) is 4.97. The van der Waals surface area contributed by atoms with Gasteiger partial charge in [0.25, 0.3) is 0 Å². The Bertz CT molecular complexity index is 693. The molecule has 1 saturated carbocycles.